The minimum atomic E-state index is 0.494. The van der Waals surface area contributed by atoms with Crippen LogP contribution in [0.25, 0.3) is 21.5 Å². The first-order valence-corrected chi connectivity index (χ1v) is 27.5. The summed E-state index contributed by atoms with van der Waals surface area (Å²) in [6.07, 6.45) is 11.4. The van der Waals surface area contributed by atoms with Crippen molar-refractivity contribution >= 4 is 21.5 Å². The van der Waals surface area contributed by atoms with Gasteiger partial charge in [-0.15, -0.1) is 0 Å². The first-order chi connectivity index (χ1) is 38.7. The average molecular weight is 1070 g/mol. The monoisotopic (exact) mass is 1070 g/mol. The first kappa shape index (κ1) is 55.8. The number of hydrogen-bond acceptors (Lipinski definition) is 11. The highest BCUT2D eigenvalue weighted by atomic mass is 16.5. The van der Waals surface area contributed by atoms with Crippen LogP contribution in [0.1, 0.15) is 107 Å². The Labute approximate surface area is 466 Å². The van der Waals surface area contributed by atoms with Crippen molar-refractivity contribution in [2.24, 2.45) is 0 Å². The summed E-state index contributed by atoms with van der Waals surface area (Å²) in [4.78, 5) is 0. The SMILES string of the molecule is COc1cc2c(OC)cc1Cc1cc(OC)c(cc1OC)Cc1cc(OC)c(cc1OC)Cc1cc(OC)c(cc1OCCCCCCCCCCOc1c3ccccc3cc3ccccc13)Cc1cc(OC)c(cc1OC)C2. The fraction of sp³-hybridized carbons (Fsp3) is 0.353. The summed E-state index contributed by atoms with van der Waals surface area (Å²) in [5, 5.41) is 4.77. The predicted molar refractivity (Wildman–Crippen MR) is 315 cm³/mol. The van der Waals surface area contributed by atoms with E-state index in [1.807, 2.05) is 24.3 Å². The van der Waals surface area contributed by atoms with Gasteiger partial charge in [-0.3, -0.25) is 0 Å². The summed E-state index contributed by atoms with van der Waals surface area (Å²) < 4.78 is 68.4. The number of rotatable bonds is 22. The normalized spacial score (nSPS) is 12.1. The van der Waals surface area contributed by atoms with E-state index in [0.717, 1.165) is 151 Å². The second kappa shape index (κ2) is 26.6. The lowest BCUT2D eigenvalue weighted by molar-refractivity contribution is 0.299. The highest BCUT2D eigenvalue weighted by Gasteiger charge is 2.24. The molecule has 0 saturated heterocycles. The number of unbranched alkanes of at least 4 members (excludes halogenated alkanes) is 7. The summed E-state index contributed by atoms with van der Waals surface area (Å²) in [6, 6.07) is 39.9. The third-order valence-corrected chi connectivity index (χ3v) is 15.4. The van der Waals surface area contributed by atoms with Crippen LogP contribution in [0.2, 0.25) is 0 Å². The molecule has 18 rings (SSSR count). The van der Waals surface area contributed by atoms with Crippen molar-refractivity contribution < 1.29 is 52.1 Å². The molecule has 10 aliphatic rings. The Morgan fingerprint density at radius 1 is 0.253 bits per heavy atom. The van der Waals surface area contributed by atoms with Crippen LogP contribution in [-0.2, 0) is 32.1 Å². The van der Waals surface area contributed by atoms with E-state index >= 15 is 0 Å². The molecule has 79 heavy (non-hydrogen) atoms. The number of hydrogen-bond donors (Lipinski definition) is 0. The molecule has 0 heterocycles. The van der Waals surface area contributed by atoms with E-state index < -0.39 is 0 Å². The molecule has 0 amide bonds. The van der Waals surface area contributed by atoms with Crippen molar-refractivity contribution in [2.45, 2.75) is 83.5 Å². The third-order valence-electron chi connectivity index (χ3n) is 15.4. The van der Waals surface area contributed by atoms with Gasteiger partial charge in [-0.2, -0.15) is 0 Å². The molecule has 0 unspecified atom stereocenters. The van der Waals surface area contributed by atoms with Gasteiger partial charge in [0, 0.05) is 98.5 Å². The molecule has 0 aliphatic heterocycles. The van der Waals surface area contributed by atoms with Gasteiger partial charge >= 0.3 is 0 Å². The highest BCUT2D eigenvalue weighted by molar-refractivity contribution is 6.05. The molecule has 0 saturated carbocycles. The Morgan fingerprint density at radius 2 is 0.481 bits per heavy atom. The van der Waals surface area contributed by atoms with Crippen LogP contribution in [0.15, 0.2) is 115 Å². The van der Waals surface area contributed by atoms with Gasteiger partial charge in [-0.05, 0) is 90.3 Å². The number of ether oxygens (including phenoxy) is 11. The maximum atomic E-state index is 6.83. The number of fused-ring (bicyclic) bond motifs is 2. The third kappa shape index (κ3) is 12.8. The Balaban J connectivity index is 0.958. The van der Waals surface area contributed by atoms with E-state index in [0.29, 0.717) is 45.3 Å². The van der Waals surface area contributed by atoms with Crippen molar-refractivity contribution in [3.63, 3.8) is 0 Å². The van der Waals surface area contributed by atoms with Gasteiger partial charge in [-0.1, -0.05) is 87.1 Å². The molecule has 0 fully saturated rings. The minimum absolute atomic E-state index is 0.494. The molecule has 8 aromatic rings. The summed E-state index contributed by atoms with van der Waals surface area (Å²) >= 11 is 0. The van der Waals surface area contributed by atoms with Crippen LogP contribution in [0, 0.1) is 0 Å². The molecule has 8 aromatic carbocycles. The van der Waals surface area contributed by atoms with E-state index in [4.69, 9.17) is 52.1 Å². The molecule has 0 radical (unpaired) electrons. The first-order valence-electron chi connectivity index (χ1n) is 27.5. The van der Waals surface area contributed by atoms with Gasteiger partial charge in [0.2, 0.25) is 0 Å². The van der Waals surface area contributed by atoms with Crippen molar-refractivity contribution in [1.29, 1.82) is 0 Å². The van der Waals surface area contributed by atoms with Crippen LogP contribution in [0.4, 0.5) is 0 Å². The van der Waals surface area contributed by atoms with Crippen LogP contribution in [-0.4, -0.2) is 77.2 Å². The molecule has 11 nitrogen and oxygen atoms in total. The molecule has 0 N–H and O–H groups in total. The van der Waals surface area contributed by atoms with Gasteiger partial charge in [0.1, 0.15) is 63.2 Å². The fourth-order valence-electron chi connectivity index (χ4n) is 11.2. The predicted octanol–water partition coefficient (Wildman–Crippen LogP) is 14.9. The summed E-state index contributed by atoms with van der Waals surface area (Å²) in [5.74, 6) is 8.28. The highest BCUT2D eigenvalue weighted by Crippen LogP contribution is 2.43. The molecular formula is C68H76O11. The van der Waals surface area contributed by atoms with Gasteiger partial charge in [-0.25, -0.2) is 0 Å². The zero-order chi connectivity index (χ0) is 55.3. The average Bonchev–Trinajstić information content (AvgIpc) is 3.59. The lowest BCUT2D eigenvalue weighted by Gasteiger charge is -2.20. The number of methoxy groups -OCH3 is 9. The molecule has 10 aliphatic carbocycles. The van der Waals surface area contributed by atoms with E-state index in [1.165, 1.54) is 40.8 Å². The maximum Gasteiger partial charge on any atom is 0.134 e. The van der Waals surface area contributed by atoms with Gasteiger partial charge in [0.25, 0.3) is 0 Å². The van der Waals surface area contributed by atoms with Crippen LogP contribution < -0.4 is 52.1 Å². The Bertz CT molecular complexity index is 3320. The van der Waals surface area contributed by atoms with Gasteiger partial charge in [0.05, 0.1) is 77.2 Å². The molecular weight excluding hydrogens is 993 g/mol. The fourth-order valence-corrected chi connectivity index (χ4v) is 11.2. The lowest BCUT2D eigenvalue weighted by atomic mass is 9.94. The zero-order valence-corrected chi connectivity index (χ0v) is 47.6. The molecule has 0 aromatic heterocycles. The van der Waals surface area contributed by atoms with Crippen LogP contribution >= 0.6 is 0 Å². The second-order valence-electron chi connectivity index (χ2n) is 20.2. The topological polar surface area (TPSA) is 102 Å². The van der Waals surface area contributed by atoms with E-state index in [-0.39, 0.29) is 0 Å². The summed E-state index contributed by atoms with van der Waals surface area (Å²) in [6.45, 7) is 1.29. The Kier molecular flexibility index (Phi) is 18.8. The second-order valence-corrected chi connectivity index (χ2v) is 20.2. The van der Waals surface area contributed by atoms with E-state index in [2.05, 4.69) is 91.0 Å². The summed E-state index contributed by atoms with van der Waals surface area (Å²) in [7, 11) is 15.3. The zero-order valence-electron chi connectivity index (χ0n) is 47.6. The standard InChI is InChI=1S/C68H76O11/c1-69-58-36-48-30-50-38-63(74-6)52(40-62(50)73-5)32-54-43-67(78-26-20-14-12-10-11-13-15-21-27-79-68-56-24-18-16-22-44(56)28-45-23-17-19-25-57(45)68)55(42-66(54)77-9)33-53-41-64(75-7)51(39-65(53)76-8)31-49-37-60(71-3)47(35-61(49)72-4)29-46(58)34-59(48)70-2/h16-19,22-25,28,34-43H,10-15,20-21,26-27,29-33H2,1-9H3. The van der Waals surface area contributed by atoms with Crippen LogP contribution in [0.3, 0.4) is 0 Å². The Hall–Kier alpha value is -7.92. The van der Waals surface area contributed by atoms with Gasteiger partial charge < -0.3 is 52.1 Å². The Morgan fingerprint density at radius 3 is 0.759 bits per heavy atom. The van der Waals surface area contributed by atoms with Crippen molar-refractivity contribution in [3.8, 4) is 63.2 Å². The molecule has 11 heteroatoms. The largest absolute Gasteiger partial charge is 0.496 e. The molecule has 0 atom stereocenters. The molecule has 414 valence electrons. The molecule has 10 bridgehead atoms. The smallest absolute Gasteiger partial charge is 0.134 e. The van der Waals surface area contributed by atoms with E-state index in [1.54, 1.807) is 64.0 Å². The van der Waals surface area contributed by atoms with Gasteiger partial charge in [0.15, 0.2) is 0 Å². The lowest BCUT2D eigenvalue weighted by Crippen LogP contribution is -2.06. The van der Waals surface area contributed by atoms with Crippen molar-refractivity contribution in [2.75, 3.05) is 77.2 Å². The van der Waals surface area contributed by atoms with Crippen molar-refractivity contribution in [1.82, 2.24) is 0 Å². The maximum absolute atomic E-state index is 6.83. The minimum Gasteiger partial charge on any atom is -0.496 e. The summed E-state index contributed by atoms with van der Waals surface area (Å²) in [5.41, 5.74) is 9.39. The molecule has 0 spiro atoms. The van der Waals surface area contributed by atoms with Crippen molar-refractivity contribution in [3.05, 3.63) is 171 Å². The van der Waals surface area contributed by atoms with E-state index in [9.17, 15) is 0 Å². The van der Waals surface area contributed by atoms with Crippen LogP contribution in [0.5, 0.6) is 63.2 Å². The quantitative estimate of drug-likeness (QED) is 0.0479. The number of benzene rings is 8.